The van der Waals surface area contributed by atoms with Gasteiger partial charge < -0.3 is 14.8 Å². The van der Waals surface area contributed by atoms with Gasteiger partial charge >= 0.3 is 0 Å². The van der Waals surface area contributed by atoms with Crippen molar-refractivity contribution < 1.29 is 14.3 Å². The Balaban J connectivity index is 1.48. The number of pyridine rings is 1. The van der Waals surface area contributed by atoms with E-state index in [4.69, 9.17) is 9.47 Å². The SMILES string of the molecule is Cc1cc2c(c(-c3ccccn3)c1)O[C@@H](CNC(=O)[C@@H]1CCCO1)C2. The summed E-state index contributed by atoms with van der Waals surface area (Å²) in [6.07, 6.45) is 4.00. The van der Waals surface area contributed by atoms with Gasteiger partial charge in [-0.05, 0) is 49.1 Å². The summed E-state index contributed by atoms with van der Waals surface area (Å²) in [5.41, 5.74) is 4.29. The standard InChI is InChI=1S/C20H22N2O3/c1-13-9-14-11-15(12-22-20(23)18-6-4-8-24-18)25-19(14)16(10-13)17-5-2-3-7-21-17/h2-3,5,7,9-10,15,18H,4,6,8,11-12H2,1H3,(H,22,23)/t15-,18+/m1/s1. The minimum Gasteiger partial charge on any atom is -0.487 e. The predicted octanol–water partition coefficient (Wildman–Crippen LogP) is 2.66. The van der Waals surface area contributed by atoms with Crippen molar-refractivity contribution >= 4 is 5.91 Å². The maximum absolute atomic E-state index is 12.1. The molecule has 0 unspecified atom stereocenters. The van der Waals surface area contributed by atoms with Crippen LogP contribution >= 0.6 is 0 Å². The molecule has 1 N–H and O–H groups in total. The number of hydrogen-bond acceptors (Lipinski definition) is 4. The van der Waals surface area contributed by atoms with Crippen molar-refractivity contribution in [1.82, 2.24) is 10.3 Å². The van der Waals surface area contributed by atoms with Crippen LogP contribution in [0.15, 0.2) is 36.5 Å². The van der Waals surface area contributed by atoms with E-state index < -0.39 is 0 Å². The molecular weight excluding hydrogens is 316 g/mol. The Hall–Kier alpha value is -2.40. The molecule has 2 aliphatic rings. The van der Waals surface area contributed by atoms with E-state index in [1.54, 1.807) is 6.20 Å². The van der Waals surface area contributed by atoms with Gasteiger partial charge in [0.25, 0.3) is 0 Å². The Bertz CT molecular complexity index is 770. The second-order valence-corrected chi connectivity index (χ2v) is 6.71. The van der Waals surface area contributed by atoms with E-state index in [9.17, 15) is 4.79 Å². The van der Waals surface area contributed by atoms with Crippen LogP contribution in [0, 0.1) is 6.92 Å². The third-order valence-corrected chi connectivity index (χ3v) is 4.71. The number of carbonyl (C=O) groups is 1. The molecule has 1 fully saturated rings. The number of aryl methyl sites for hydroxylation is 1. The smallest absolute Gasteiger partial charge is 0.249 e. The number of nitrogens with zero attached hydrogens (tertiary/aromatic N) is 1. The first-order chi connectivity index (χ1) is 12.2. The lowest BCUT2D eigenvalue weighted by molar-refractivity contribution is -0.130. The highest BCUT2D eigenvalue weighted by molar-refractivity contribution is 5.81. The van der Waals surface area contributed by atoms with Crippen LogP contribution in [0.4, 0.5) is 0 Å². The number of ether oxygens (including phenoxy) is 2. The first-order valence-corrected chi connectivity index (χ1v) is 8.81. The molecule has 130 valence electrons. The van der Waals surface area contributed by atoms with Crippen molar-refractivity contribution in [3.8, 4) is 17.0 Å². The number of aromatic nitrogens is 1. The Morgan fingerprint density at radius 2 is 2.28 bits per heavy atom. The predicted molar refractivity (Wildman–Crippen MR) is 94.5 cm³/mol. The van der Waals surface area contributed by atoms with E-state index in [0.29, 0.717) is 13.2 Å². The minimum absolute atomic E-state index is 0.0295. The minimum atomic E-state index is -0.296. The number of carbonyl (C=O) groups excluding carboxylic acids is 1. The van der Waals surface area contributed by atoms with Gasteiger partial charge in [0.15, 0.2) is 0 Å². The monoisotopic (exact) mass is 338 g/mol. The Labute approximate surface area is 147 Å². The Kier molecular flexibility index (Phi) is 4.40. The van der Waals surface area contributed by atoms with E-state index >= 15 is 0 Å². The Morgan fingerprint density at radius 1 is 1.36 bits per heavy atom. The second-order valence-electron chi connectivity index (χ2n) is 6.71. The number of nitrogens with one attached hydrogen (secondary N) is 1. The summed E-state index contributed by atoms with van der Waals surface area (Å²) >= 11 is 0. The fraction of sp³-hybridized carbons (Fsp3) is 0.400. The van der Waals surface area contributed by atoms with E-state index in [2.05, 4.69) is 29.4 Å². The van der Waals surface area contributed by atoms with Gasteiger partial charge in [-0.1, -0.05) is 12.1 Å². The van der Waals surface area contributed by atoms with Gasteiger partial charge in [0.2, 0.25) is 5.91 Å². The van der Waals surface area contributed by atoms with Crippen LogP contribution in [-0.2, 0) is 16.0 Å². The molecule has 0 bridgehead atoms. The van der Waals surface area contributed by atoms with Crippen LogP contribution in [0.5, 0.6) is 5.75 Å². The topological polar surface area (TPSA) is 60.5 Å². The maximum atomic E-state index is 12.1. The molecule has 2 atom stereocenters. The summed E-state index contributed by atoms with van der Waals surface area (Å²) in [6.45, 7) is 3.25. The number of benzene rings is 1. The van der Waals surface area contributed by atoms with Crippen LogP contribution in [0.25, 0.3) is 11.3 Å². The van der Waals surface area contributed by atoms with Crippen molar-refractivity contribution in [3.63, 3.8) is 0 Å². The molecule has 5 nitrogen and oxygen atoms in total. The van der Waals surface area contributed by atoms with E-state index in [0.717, 1.165) is 36.3 Å². The molecule has 25 heavy (non-hydrogen) atoms. The lowest BCUT2D eigenvalue weighted by Gasteiger charge is -2.15. The summed E-state index contributed by atoms with van der Waals surface area (Å²) in [5, 5.41) is 2.97. The first-order valence-electron chi connectivity index (χ1n) is 8.81. The average Bonchev–Trinajstić information content (AvgIpc) is 3.29. The molecule has 1 aromatic carbocycles. The van der Waals surface area contributed by atoms with Crippen molar-refractivity contribution in [2.75, 3.05) is 13.2 Å². The molecule has 2 aliphatic heterocycles. The van der Waals surface area contributed by atoms with Crippen molar-refractivity contribution in [2.45, 2.75) is 38.4 Å². The third kappa shape index (κ3) is 3.37. The van der Waals surface area contributed by atoms with Gasteiger partial charge in [0.1, 0.15) is 18.0 Å². The molecule has 0 saturated carbocycles. The van der Waals surface area contributed by atoms with E-state index in [1.807, 2.05) is 18.2 Å². The molecular formula is C20H22N2O3. The molecule has 0 aliphatic carbocycles. The van der Waals surface area contributed by atoms with Gasteiger partial charge in [-0.15, -0.1) is 0 Å². The molecule has 1 saturated heterocycles. The first kappa shape index (κ1) is 16.1. The van der Waals surface area contributed by atoms with Crippen molar-refractivity contribution in [3.05, 3.63) is 47.7 Å². The highest BCUT2D eigenvalue weighted by Crippen LogP contribution is 2.39. The lowest BCUT2D eigenvalue weighted by atomic mass is 10.0. The molecule has 2 aromatic rings. The lowest BCUT2D eigenvalue weighted by Crippen LogP contribution is -2.40. The molecule has 3 heterocycles. The molecule has 0 spiro atoms. The highest BCUT2D eigenvalue weighted by atomic mass is 16.5. The van der Waals surface area contributed by atoms with Gasteiger partial charge in [-0.25, -0.2) is 0 Å². The zero-order chi connectivity index (χ0) is 17.2. The zero-order valence-corrected chi connectivity index (χ0v) is 14.3. The molecule has 1 aromatic heterocycles. The van der Waals surface area contributed by atoms with Crippen LogP contribution in [-0.4, -0.2) is 36.3 Å². The fourth-order valence-electron chi connectivity index (χ4n) is 3.53. The summed E-state index contributed by atoms with van der Waals surface area (Å²) in [4.78, 5) is 16.6. The normalized spacial score (nSPS) is 21.6. The molecule has 5 heteroatoms. The van der Waals surface area contributed by atoms with Gasteiger partial charge in [-0.3, -0.25) is 9.78 Å². The zero-order valence-electron chi connectivity index (χ0n) is 14.3. The number of fused-ring (bicyclic) bond motifs is 1. The second kappa shape index (κ2) is 6.84. The maximum Gasteiger partial charge on any atom is 0.249 e. The van der Waals surface area contributed by atoms with Gasteiger partial charge in [0, 0.05) is 24.8 Å². The van der Waals surface area contributed by atoms with Crippen molar-refractivity contribution in [2.24, 2.45) is 0 Å². The fourth-order valence-corrected chi connectivity index (χ4v) is 3.53. The van der Waals surface area contributed by atoms with Crippen LogP contribution < -0.4 is 10.1 Å². The summed E-state index contributed by atoms with van der Waals surface area (Å²) in [5.74, 6) is 0.860. The van der Waals surface area contributed by atoms with E-state index in [-0.39, 0.29) is 18.1 Å². The van der Waals surface area contributed by atoms with Crippen LogP contribution in [0.3, 0.4) is 0 Å². The number of hydrogen-bond donors (Lipinski definition) is 1. The number of amides is 1. The quantitative estimate of drug-likeness (QED) is 0.931. The highest BCUT2D eigenvalue weighted by Gasteiger charge is 2.29. The summed E-state index contributed by atoms with van der Waals surface area (Å²) < 4.78 is 11.6. The third-order valence-electron chi connectivity index (χ3n) is 4.71. The number of rotatable bonds is 4. The van der Waals surface area contributed by atoms with Gasteiger partial charge in [0.05, 0.1) is 12.2 Å². The summed E-state index contributed by atoms with van der Waals surface area (Å²) in [7, 11) is 0. The summed E-state index contributed by atoms with van der Waals surface area (Å²) in [6, 6.07) is 10.1. The molecule has 0 radical (unpaired) electrons. The average molecular weight is 338 g/mol. The largest absolute Gasteiger partial charge is 0.487 e. The van der Waals surface area contributed by atoms with Crippen LogP contribution in [0.1, 0.15) is 24.0 Å². The molecule has 1 amide bonds. The van der Waals surface area contributed by atoms with Crippen LogP contribution in [0.2, 0.25) is 0 Å². The van der Waals surface area contributed by atoms with E-state index in [1.165, 1.54) is 11.1 Å². The van der Waals surface area contributed by atoms with Crippen molar-refractivity contribution in [1.29, 1.82) is 0 Å². The molecule has 4 rings (SSSR count). The van der Waals surface area contributed by atoms with Gasteiger partial charge in [-0.2, -0.15) is 0 Å². The Morgan fingerprint density at radius 3 is 3.04 bits per heavy atom.